The number of benzene rings is 1. The summed E-state index contributed by atoms with van der Waals surface area (Å²) in [6.45, 7) is 1.01. The van der Waals surface area contributed by atoms with Gasteiger partial charge in [-0.3, -0.25) is 4.79 Å². The Morgan fingerprint density at radius 3 is 3.09 bits per heavy atom. The molecule has 0 unspecified atom stereocenters. The van der Waals surface area contributed by atoms with Gasteiger partial charge in [0.2, 0.25) is 0 Å². The van der Waals surface area contributed by atoms with Crippen LogP contribution in [0.4, 0.5) is 0 Å². The lowest BCUT2D eigenvalue weighted by Gasteiger charge is -2.55. The second-order valence-electron chi connectivity index (χ2n) is 6.96. The minimum absolute atomic E-state index is 0.102. The van der Waals surface area contributed by atoms with Crippen LogP contribution in [-0.4, -0.2) is 43.5 Å². The molecule has 1 spiro atoms. The molecule has 0 amide bonds. The molecule has 2 aliphatic heterocycles. The number of rotatable bonds is 1. The Kier molecular flexibility index (Phi) is 2.27. The van der Waals surface area contributed by atoms with Crippen molar-refractivity contribution in [3.63, 3.8) is 0 Å². The van der Waals surface area contributed by atoms with Crippen molar-refractivity contribution in [2.75, 3.05) is 20.7 Å². The van der Waals surface area contributed by atoms with Gasteiger partial charge in [0.15, 0.2) is 23.4 Å². The molecule has 2 aliphatic carbocycles. The molecule has 4 nitrogen and oxygen atoms in total. The molecule has 4 aliphatic rings. The molecule has 1 saturated heterocycles. The predicted octanol–water partition coefficient (Wildman–Crippen LogP) is 1.71. The molecular weight excluding hydrogens is 278 g/mol. The Balaban J connectivity index is 1.84. The number of hydrogen-bond acceptors (Lipinski definition) is 4. The fourth-order valence-electron chi connectivity index (χ4n) is 5.23. The van der Waals surface area contributed by atoms with Gasteiger partial charge in [0, 0.05) is 17.5 Å². The highest BCUT2D eigenvalue weighted by atomic mass is 16.5. The summed E-state index contributed by atoms with van der Waals surface area (Å²) in [6.07, 6.45) is 5.50. The Bertz CT molecular complexity index is 725. The number of piperidine rings is 1. The number of nitrogens with zero attached hydrogens (tertiary/aromatic N) is 1. The molecule has 1 aromatic rings. The van der Waals surface area contributed by atoms with Crippen LogP contribution in [0.1, 0.15) is 17.5 Å². The fraction of sp³-hybridized carbons (Fsp3) is 0.500. The van der Waals surface area contributed by atoms with Gasteiger partial charge in [0.25, 0.3) is 0 Å². The molecule has 114 valence electrons. The molecule has 2 heterocycles. The zero-order chi connectivity index (χ0) is 15.1. The minimum Gasteiger partial charge on any atom is -0.493 e. The number of hydrogen-bond donors (Lipinski definition) is 0. The van der Waals surface area contributed by atoms with Gasteiger partial charge in [-0.25, -0.2) is 0 Å². The lowest BCUT2D eigenvalue weighted by atomic mass is 9.53. The summed E-state index contributed by atoms with van der Waals surface area (Å²) in [6, 6.07) is 4.60. The number of carbonyl (C=O) groups is 1. The van der Waals surface area contributed by atoms with Crippen molar-refractivity contribution in [3.8, 4) is 11.5 Å². The van der Waals surface area contributed by atoms with Gasteiger partial charge in [0.1, 0.15) is 0 Å². The van der Waals surface area contributed by atoms with E-state index < -0.39 is 0 Å². The van der Waals surface area contributed by atoms with Gasteiger partial charge in [-0.2, -0.15) is 0 Å². The van der Waals surface area contributed by atoms with Gasteiger partial charge in [-0.15, -0.1) is 0 Å². The van der Waals surface area contributed by atoms with E-state index >= 15 is 0 Å². The van der Waals surface area contributed by atoms with Crippen LogP contribution < -0.4 is 9.47 Å². The summed E-state index contributed by atoms with van der Waals surface area (Å²) in [5, 5.41) is 0. The third kappa shape index (κ3) is 1.23. The number of carbonyl (C=O) groups excluding carboxylic acids is 1. The van der Waals surface area contributed by atoms with Crippen LogP contribution in [0.2, 0.25) is 0 Å². The van der Waals surface area contributed by atoms with E-state index in [2.05, 4.69) is 24.1 Å². The molecule has 2 bridgehead atoms. The van der Waals surface area contributed by atoms with Crippen molar-refractivity contribution < 1.29 is 14.3 Å². The maximum atomic E-state index is 12.5. The van der Waals surface area contributed by atoms with Crippen LogP contribution in [0, 0.1) is 5.92 Å². The highest BCUT2D eigenvalue weighted by molar-refractivity contribution is 5.98. The van der Waals surface area contributed by atoms with E-state index in [4.69, 9.17) is 9.47 Å². The third-order valence-corrected chi connectivity index (χ3v) is 6.21. The minimum atomic E-state index is -0.371. The Hall–Kier alpha value is -1.81. The largest absolute Gasteiger partial charge is 0.493 e. The predicted molar refractivity (Wildman–Crippen MR) is 81.5 cm³/mol. The lowest BCUT2D eigenvalue weighted by molar-refractivity contribution is -0.127. The standard InChI is InChI=1S/C18H19NO3/c1-19-8-7-18-11-4-5-13(20)17(18)22-16-14(21-2)6-3-10(15(16)18)9-12(11)19/h3-6,11-12,17H,7-9H2,1-2H3/t11-,12+,17-,18-/m1/s1. The fourth-order valence-corrected chi connectivity index (χ4v) is 5.23. The van der Waals surface area contributed by atoms with Crippen molar-refractivity contribution in [3.05, 3.63) is 35.4 Å². The molecule has 22 heavy (non-hydrogen) atoms. The summed E-state index contributed by atoms with van der Waals surface area (Å²) in [5.74, 6) is 2.03. The normalized spacial score (nSPS) is 37.7. The second kappa shape index (κ2) is 3.93. The van der Waals surface area contributed by atoms with E-state index in [-0.39, 0.29) is 17.3 Å². The van der Waals surface area contributed by atoms with Crippen molar-refractivity contribution in [1.82, 2.24) is 4.90 Å². The molecule has 0 radical (unpaired) electrons. The second-order valence-corrected chi connectivity index (χ2v) is 6.96. The first kappa shape index (κ1) is 12.7. The first-order valence-corrected chi connectivity index (χ1v) is 7.96. The number of likely N-dealkylation sites (tertiary alicyclic amines) is 1. The monoisotopic (exact) mass is 297 g/mol. The molecule has 0 saturated carbocycles. The molecule has 5 rings (SSSR count). The van der Waals surface area contributed by atoms with Crippen LogP contribution in [-0.2, 0) is 16.6 Å². The Morgan fingerprint density at radius 1 is 1.41 bits per heavy atom. The van der Waals surface area contributed by atoms with Crippen LogP contribution in [0.5, 0.6) is 11.5 Å². The van der Waals surface area contributed by atoms with Crippen LogP contribution in [0.15, 0.2) is 24.3 Å². The van der Waals surface area contributed by atoms with Crippen molar-refractivity contribution in [2.24, 2.45) is 5.92 Å². The van der Waals surface area contributed by atoms with Crippen LogP contribution in [0.3, 0.4) is 0 Å². The molecule has 1 aromatic carbocycles. The Morgan fingerprint density at radius 2 is 2.27 bits per heavy atom. The smallest absolute Gasteiger partial charge is 0.196 e. The van der Waals surface area contributed by atoms with Gasteiger partial charge in [-0.05, 0) is 44.1 Å². The summed E-state index contributed by atoms with van der Waals surface area (Å²) in [5.41, 5.74) is 2.40. The van der Waals surface area contributed by atoms with Crippen molar-refractivity contribution in [2.45, 2.75) is 30.4 Å². The zero-order valence-corrected chi connectivity index (χ0v) is 12.8. The van der Waals surface area contributed by atoms with Gasteiger partial charge >= 0.3 is 0 Å². The molecular formula is C18H19NO3. The maximum absolute atomic E-state index is 12.5. The molecule has 0 N–H and O–H groups in total. The maximum Gasteiger partial charge on any atom is 0.196 e. The average molecular weight is 297 g/mol. The molecule has 0 aromatic heterocycles. The number of likely N-dealkylation sites (N-methyl/N-ethyl adjacent to an activating group) is 1. The third-order valence-electron chi connectivity index (χ3n) is 6.21. The molecule has 4 atom stereocenters. The van der Waals surface area contributed by atoms with Crippen LogP contribution in [0.25, 0.3) is 0 Å². The Labute approximate surface area is 129 Å². The highest BCUT2D eigenvalue weighted by Crippen LogP contribution is 2.61. The van der Waals surface area contributed by atoms with Crippen molar-refractivity contribution >= 4 is 5.78 Å². The lowest BCUT2D eigenvalue weighted by Crippen LogP contribution is -2.64. The highest BCUT2D eigenvalue weighted by Gasteiger charge is 2.64. The summed E-state index contributed by atoms with van der Waals surface area (Å²) in [7, 11) is 3.86. The number of methoxy groups -OCH3 is 1. The first-order chi connectivity index (χ1) is 10.7. The average Bonchev–Trinajstić information content (AvgIpc) is 2.88. The number of ketones is 1. The summed E-state index contributed by atoms with van der Waals surface area (Å²) in [4.78, 5) is 15.0. The van der Waals surface area contributed by atoms with Gasteiger partial charge in [-0.1, -0.05) is 12.1 Å². The van der Waals surface area contributed by atoms with E-state index in [1.165, 1.54) is 11.1 Å². The van der Waals surface area contributed by atoms with E-state index in [1.54, 1.807) is 13.2 Å². The molecule has 4 heteroatoms. The summed E-state index contributed by atoms with van der Waals surface area (Å²) >= 11 is 0. The van der Waals surface area contributed by atoms with E-state index in [9.17, 15) is 4.79 Å². The topological polar surface area (TPSA) is 38.8 Å². The van der Waals surface area contributed by atoms with E-state index in [0.29, 0.717) is 12.0 Å². The van der Waals surface area contributed by atoms with Gasteiger partial charge < -0.3 is 14.4 Å². The molecule has 1 fully saturated rings. The van der Waals surface area contributed by atoms with E-state index in [0.717, 1.165) is 30.9 Å². The SMILES string of the molecule is COc1ccc2c3c1O[C@@H]1C(=O)C=C[C@@H]4[C@H](C2)N(C)CC[C@@]314. The number of ether oxygens (including phenoxy) is 2. The zero-order valence-electron chi connectivity index (χ0n) is 12.8. The quantitative estimate of drug-likeness (QED) is 0.791. The van der Waals surface area contributed by atoms with E-state index in [1.807, 2.05) is 6.07 Å². The first-order valence-electron chi connectivity index (χ1n) is 7.96. The van der Waals surface area contributed by atoms with Crippen LogP contribution >= 0.6 is 0 Å². The summed E-state index contributed by atoms with van der Waals surface area (Å²) < 4.78 is 11.7. The van der Waals surface area contributed by atoms with Crippen molar-refractivity contribution in [1.29, 1.82) is 0 Å². The van der Waals surface area contributed by atoms with Gasteiger partial charge in [0.05, 0.1) is 12.5 Å².